The third kappa shape index (κ3) is 5.30. The van der Waals surface area contributed by atoms with Crippen molar-refractivity contribution in [2.45, 2.75) is 19.3 Å². The number of hydrogen-bond acceptors (Lipinski definition) is 5. The number of carbonyl (C=O) groups is 4. The minimum atomic E-state index is -0.963. The Morgan fingerprint density at radius 1 is 0.968 bits per heavy atom. The van der Waals surface area contributed by atoms with Crippen molar-refractivity contribution >= 4 is 23.7 Å². The Kier molecular flexibility index (Phi) is 7.07. The van der Waals surface area contributed by atoms with E-state index in [0.29, 0.717) is 23.6 Å². The molecule has 31 heavy (non-hydrogen) atoms. The number of carbonyl (C=O) groups excluding carboxylic acids is 4. The van der Waals surface area contributed by atoms with Gasteiger partial charge in [0.25, 0.3) is 17.7 Å². The van der Waals surface area contributed by atoms with E-state index in [1.165, 1.54) is 0 Å². The van der Waals surface area contributed by atoms with Crippen molar-refractivity contribution in [3.05, 3.63) is 70.8 Å². The van der Waals surface area contributed by atoms with Crippen LogP contribution < -0.4 is 5.32 Å². The lowest BCUT2D eigenvalue weighted by molar-refractivity contribution is -0.143. The van der Waals surface area contributed by atoms with Crippen LogP contribution in [0.4, 0.5) is 8.78 Å². The molecule has 3 rings (SSSR count). The Bertz CT molecular complexity index is 990. The van der Waals surface area contributed by atoms with Crippen molar-refractivity contribution in [2.24, 2.45) is 0 Å². The number of rotatable bonds is 9. The first kappa shape index (κ1) is 22.1. The number of fused-ring (bicyclic) bond motifs is 1. The van der Waals surface area contributed by atoms with E-state index in [1.54, 1.807) is 24.3 Å². The molecule has 0 unspecified atom stereocenters. The summed E-state index contributed by atoms with van der Waals surface area (Å²) >= 11 is 0. The van der Waals surface area contributed by atoms with E-state index in [-0.39, 0.29) is 49.9 Å². The van der Waals surface area contributed by atoms with Crippen molar-refractivity contribution in [3.63, 3.8) is 0 Å². The average Bonchev–Trinajstić information content (AvgIpc) is 2.99. The van der Waals surface area contributed by atoms with Gasteiger partial charge in [0.05, 0.1) is 23.3 Å². The largest absolute Gasteiger partial charge is 0.466 e. The van der Waals surface area contributed by atoms with Gasteiger partial charge in [-0.15, -0.1) is 0 Å². The Morgan fingerprint density at radius 3 is 2.29 bits per heavy atom. The van der Waals surface area contributed by atoms with E-state index >= 15 is 0 Å². The zero-order valence-corrected chi connectivity index (χ0v) is 16.5. The van der Waals surface area contributed by atoms with Crippen molar-refractivity contribution in [1.29, 1.82) is 0 Å². The van der Waals surface area contributed by atoms with Crippen LogP contribution in [0.15, 0.2) is 42.5 Å². The Morgan fingerprint density at radius 2 is 1.65 bits per heavy atom. The highest BCUT2D eigenvalue weighted by Gasteiger charge is 2.34. The van der Waals surface area contributed by atoms with E-state index in [0.717, 1.165) is 17.0 Å². The Balaban J connectivity index is 1.31. The summed E-state index contributed by atoms with van der Waals surface area (Å²) in [7, 11) is 0. The number of nitrogens with zero attached hydrogens (tertiary/aromatic N) is 1. The van der Waals surface area contributed by atoms with E-state index in [2.05, 4.69) is 5.32 Å². The van der Waals surface area contributed by atoms with Crippen molar-refractivity contribution < 1.29 is 32.7 Å². The highest BCUT2D eigenvalue weighted by molar-refractivity contribution is 6.21. The first-order valence-electron chi connectivity index (χ1n) is 9.72. The molecule has 1 heterocycles. The first-order valence-corrected chi connectivity index (χ1v) is 9.72. The Hall–Kier alpha value is -3.62. The zero-order chi connectivity index (χ0) is 22.4. The quantitative estimate of drug-likeness (QED) is 0.375. The molecule has 1 aliphatic rings. The van der Waals surface area contributed by atoms with Gasteiger partial charge in [0.15, 0.2) is 0 Å². The maximum atomic E-state index is 13.5. The fourth-order valence-corrected chi connectivity index (χ4v) is 3.13. The predicted octanol–water partition coefficient (Wildman–Crippen LogP) is 2.70. The fraction of sp³-hybridized carbons (Fsp3) is 0.273. The van der Waals surface area contributed by atoms with Crippen LogP contribution >= 0.6 is 0 Å². The van der Waals surface area contributed by atoms with E-state index in [4.69, 9.17) is 4.74 Å². The topological polar surface area (TPSA) is 92.8 Å². The lowest BCUT2D eigenvalue weighted by atomic mass is 10.1. The number of benzene rings is 2. The standard InChI is InChI=1S/C22H20F2N2O5/c23-14-8-9-17(18(24)13-14)20(28)25-10-3-7-19(27)31-12-4-11-26-21(29)15-5-1-2-6-16(15)22(26)30/h1-2,5-6,8-9,13H,3-4,7,10-12H2,(H,25,28). The van der Waals surface area contributed by atoms with Crippen molar-refractivity contribution in [1.82, 2.24) is 10.2 Å². The molecule has 7 nitrogen and oxygen atoms in total. The summed E-state index contributed by atoms with van der Waals surface area (Å²) in [6.45, 7) is 0.290. The summed E-state index contributed by atoms with van der Waals surface area (Å²) in [6.07, 6.45) is 0.600. The van der Waals surface area contributed by atoms with Crippen molar-refractivity contribution in [2.75, 3.05) is 19.7 Å². The fourth-order valence-electron chi connectivity index (χ4n) is 3.13. The van der Waals surface area contributed by atoms with Crippen LogP contribution in [0.5, 0.6) is 0 Å². The van der Waals surface area contributed by atoms with Crippen LogP contribution in [0.1, 0.15) is 50.3 Å². The van der Waals surface area contributed by atoms with Crippen molar-refractivity contribution in [3.8, 4) is 0 Å². The van der Waals surface area contributed by atoms with Gasteiger partial charge in [-0.1, -0.05) is 12.1 Å². The molecule has 0 radical (unpaired) electrons. The summed E-state index contributed by atoms with van der Waals surface area (Å²) in [5.74, 6) is -3.66. The molecule has 162 valence electrons. The first-order chi connectivity index (χ1) is 14.9. The SMILES string of the molecule is O=C(CCCNC(=O)c1ccc(F)cc1F)OCCCN1C(=O)c2ccccc2C1=O. The maximum Gasteiger partial charge on any atom is 0.305 e. The summed E-state index contributed by atoms with van der Waals surface area (Å²) < 4.78 is 31.5. The Labute approximate surface area is 177 Å². The van der Waals surface area contributed by atoms with Gasteiger partial charge in [-0.05, 0) is 37.1 Å². The van der Waals surface area contributed by atoms with Crippen LogP contribution in [-0.2, 0) is 9.53 Å². The predicted molar refractivity (Wildman–Crippen MR) is 105 cm³/mol. The number of amides is 3. The molecule has 1 aliphatic heterocycles. The molecular weight excluding hydrogens is 410 g/mol. The highest BCUT2D eigenvalue weighted by Crippen LogP contribution is 2.22. The van der Waals surface area contributed by atoms with E-state index in [1.807, 2.05) is 0 Å². The van der Waals surface area contributed by atoms with Gasteiger partial charge in [-0.3, -0.25) is 24.1 Å². The molecule has 0 aliphatic carbocycles. The summed E-state index contributed by atoms with van der Waals surface area (Å²) in [5, 5.41) is 2.45. The highest BCUT2D eigenvalue weighted by atomic mass is 19.1. The summed E-state index contributed by atoms with van der Waals surface area (Å²) in [5.41, 5.74) is 0.455. The summed E-state index contributed by atoms with van der Waals surface area (Å²) in [6, 6.07) is 9.22. The second kappa shape index (κ2) is 9.92. The smallest absolute Gasteiger partial charge is 0.305 e. The summed E-state index contributed by atoms with van der Waals surface area (Å²) in [4.78, 5) is 49.2. The molecule has 0 bridgehead atoms. The molecule has 0 atom stereocenters. The molecule has 3 amide bonds. The number of esters is 1. The molecular formula is C22H20F2N2O5. The monoisotopic (exact) mass is 430 g/mol. The van der Waals surface area contributed by atoms with E-state index in [9.17, 15) is 28.0 Å². The van der Waals surface area contributed by atoms with Gasteiger partial charge < -0.3 is 10.1 Å². The number of imide groups is 1. The molecule has 2 aromatic carbocycles. The van der Waals surface area contributed by atoms with Gasteiger partial charge in [0.2, 0.25) is 0 Å². The molecule has 2 aromatic rings. The third-order valence-electron chi connectivity index (χ3n) is 4.69. The number of ether oxygens (including phenoxy) is 1. The normalized spacial score (nSPS) is 12.6. The second-order valence-corrected chi connectivity index (χ2v) is 6.87. The number of hydrogen-bond donors (Lipinski definition) is 1. The van der Waals surface area contributed by atoms with Gasteiger partial charge in [-0.2, -0.15) is 0 Å². The lowest BCUT2D eigenvalue weighted by Crippen LogP contribution is -2.31. The third-order valence-corrected chi connectivity index (χ3v) is 4.69. The number of nitrogens with one attached hydrogen (secondary N) is 1. The minimum Gasteiger partial charge on any atom is -0.466 e. The molecule has 0 fully saturated rings. The molecule has 1 N–H and O–H groups in total. The van der Waals surface area contributed by atoms with Crippen LogP contribution in [0, 0.1) is 11.6 Å². The van der Waals surface area contributed by atoms with Gasteiger partial charge in [0.1, 0.15) is 11.6 Å². The van der Waals surface area contributed by atoms with Crippen LogP contribution in [-0.4, -0.2) is 48.3 Å². The molecule has 0 saturated heterocycles. The molecule has 0 saturated carbocycles. The molecule has 0 aromatic heterocycles. The average molecular weight is 430 g/mol. The van der Waals surface area contributed by atoms with Gasteiger partial charge in [0, 0.05) is 25.6 Å². The molecule has 0 spiro atoms. The number of halogens is 2. The zero-order valence-electron chi connectivity index (χ0n) is 16.5. The molecule has 9 heteroatoms. The van der Waals surface area contributed by atoms with Crippen LogP contribution in [0.2, 0.25) is 0 Å². The maximum absolute atomic E-state index is 13.5. The van der Waals surface area contributed by atoms with Gasteiger partial charge in [-0.25, -0.2) is 8.78 Å². The lowest BCUT2D eigenvalue weighted by Gasteiger charge is -2.13. The van der Waals surface area contributed by atoms with Gasteiger partial charge >= 0.3 is 5.97 Å². The minimum absolute atomic E-state index is 0.0270. The second-order valence-electron chi connectivity index (χ2n) is 6.87. The van der Waals surface area contributed by atoms with E-state index < -0.39 is 23.5 Å². The van der Waals surface area contributed by atoms with Crippen LogP contribution in [0.25, 0.3) is 0 Å². The van der Waals surface area contributed by atoms with Crippen LogP contribution in [0.3, 0.4) is 0 Å².